The molecule has 0 atom stereocenters. The molecule has 0 unspecified atom stereocenters. The van der Waals surface area contributed by atoms with Crippen LogP contribution in [0, 0.1) is 6.92 Å². The van der Waals surface area contributed by atoms with Crippen molar-refractivity contribution in [1.29, 1.82) is 0 Å². The molecule has 3 aromatic rings. The molecule has 0 radical (unpaired) electrons. The van der Waals surface area contributed by atoms with Gasteiger partial charge in [0.15, 0.2) is 0 Å². The fraction of sp³-hybridized carbons (Fsp3) is 0.455. The number of nitrogens with zero attached hydrogens (tertiary/aromatic N) is 4. The highest BCUT2D eigenvalue weighted by Crippen LogP contribution is 2.28. The minimum Gasteiger partial charge on any atom is -0.491 e. The number of primary amides is 1. The lowest BCUT2D eigenvalue weighted by Gasteiger charge is -2.26. The number of aryl methyl sites for hydroxylation is 2. The predicted molar refractivity (Wildman–Crippen MR) is 123 cm³/mol. The molecule has 0 saturated carbocycles. The van der Waals surface area contributed by atoms with Crippen molar-refractivity contribution in [3.63, 3.8) is 0 Å². The molecule has 1 fully saturated rings. The molecule has 176 valence electrons. The van der Waals surface area contributed by atoms with E-state index in [-0.39, 0.29) is 17.4 Å². The van der Waals surface area contributed by atoms with Gasteiger partial charge < -0.3 is 20.2 Å². The van der Waals surface area contributed by atoms with Gasteiger partial charge in [0.25, 0.3) is 5.91 Å². The number of carbonyl (C=O) groups is 2. The zero-order valence-corrected chi connectivity index (χ0v) is 18.9. The third-order valence-corrected chi connectivity index (χ3v) is 5.49. The second-order valence-electron chi connectivity index (χ2n) is 7.92. The number of anilines is 1. The highest BCUT2D eigenvalue weighted by Gasteiger charge is 2.18. The molecule has 2 amide bonds. The predicted octanol–water partition coefficient (Wildman–Crippen LogP) is 1.54. The normalized spacial score (nSPS) is 14.5. The van der Waals surface area contributed by atoms with E-state index in [0.717, 1.165) is 45.0 Å². The lowest BCUT2D eigenvalue weighted by Crippen LogP contribution is -2.37. The Bertz CT molecular complexity index is 1150. The van der Waals surface area contributed by atoms with Crippen LogP contribution < -0.4 is 15.8 Å². The number of H-pyrrole nitrogens is 1. The number of benzene rings is 1. The van der Waals surface area contributed by atoms with Crippen LogP contribution in [0.2, 0.25) is 0 Å². The lowest BCUT2D eigenvalue weighted by atomic mass is 10.1. The molecular formula is C22H29N7O4. The summed E-state index contributed by atoms with van der Waals surface area (Å²) in [5.74, 6) is -0.201. The molecular weight excluding hydrogens is 426 g/mol. The summed E-state index contributed by atoms with van der Waals surface area (Å²) < 4.78 is 13.0. The molecule has 2 aromatic heterocycles. The van der Waals surface area contributed by atoms with Gasteiger partial charge in [0.2, 0.25) is 11.9 Å². The second kappa shape index (κ2) is 10.0. The number of imidazole rings is 1. The van der Waals surface area contributed by atoms with Crippen LogP contribution in [0.25, 0.3) is 11.0 Å². The maximum Gasteiger partial charge on any atom is 0.276 e. The molecule has 0 aliphatic carbocycles. The Morgan fingerprint density at radius 3 is 2.79 bits per heavy atom. The quantitative estimate of drug-likeness (QED) is 0.416. The number of morpholine rings is 1. The van der Waals surface area contributed by atoms with Gasteiger partial charge in [0.05, 0.1) is 31.0 Å². The van der Waals surface area contributed by atoms with Gasteiger partial charge in [-0.15, -0.1) is 0 Å². The van der Waals surface area contributed by atoms with Crippen molar-refractivity contribution in [2.24, 2.45) is 5.73 Å². The van der Waals surface area contributed by atoms with Crippen LogP contribution in [0.15, 0.2) is 18.2 Å². The summed E-state index contributed by atoms with van der Waals surface area (Å²) in [6, 6.07) is 4.89. The van der Waals surface area contributed by atoms with Gasteiger partial charge in [-0.3, -0.25) is 24.5 Å². The van der Waals surface area contributed by atoms with E-state index in [1.807, 2.05) is 13.8 Å². The van der Waals surface area contributed by atoms with Crippen molar-refractivity contribution in [3.05, 3.63) is 35.2 Å². The Balaban J connectivity index is 1.50. The summed E-state index contributed by atoms with van der Waals surface area (Å²) in [7, 11) is 0. The zero-order valence-electron chi connectivity index (χ0n) is 18.9. The largest absolute Gasteiger partial charge is 0.491 e. The average molecular weight is 456 g/mol. The molecule has 1 saturated heterocycles. The highest BCUT2D eigenvalue weighted by atomic mass is 16.5. The van der Waals surface area contributed by atoms with Gasteiger partial charge in [-0.25, -0.2) is 4.98 Å². The number of nitrogens with two attached hydrogens (primary N) is 1. The van der Waals surface area contributed by atoms with Crippen molar-refractivity contribution in [2.75, 3.05) is 44.8 Å². The third-order valence-electron chi connectivity index (χ3n) is 5.49. The van der Waals surface area contributed by atoms with Gasteiger partial charge in [0, 0.05) is 31.7 Å². The molecule has 3 heterocycles. The number of rotatable bonds is 9. The number of fused-ring (bicyclic) bond motifs is 1. The second-order valence-corrected chi connectivity index (χ2v) is 7.92. The minimum atomic E-state index is -0.578. The standard InChI is InChI=1S/C22H29N7O4/c1-3-29-17(11-14(2)27-29)21(31)26-22-24-16-12-15(20(23)30)13-18(19(16)25-22)33-8-4-5-28-6-9-32-10-7-28/h11-13H,3-10H2,1-2H3,(H2,23,30)(H2,24,25,26,31). The molecule has 33 heavy (non-hydrogen) atoms. The van der Waals surface area contributed by atoms with Gasteiger partial charge in [-0.1, -0.05) is 0 Å². The molecule has 4 N–H and O–H groups in total. The summed E-state index contributed by atoms with van der Waals surface area (Å²) in [5.41, 5.74) is 8.03. The Morgan fingerprint density at radius 2 is 2.06 bits per heavy atom. The van der Waals surface area contributed by atoms with Crippen molar-refractivity contribution < 1.29 is 19.1 Å². The van der Waals surface area contributed by atoms with E-state index in [1.165, 1.54) is 0 Å². The smallest absolute Gasteiger partial charge is 0.276 e. The number of amides is 2. The summed E-state index contributed by atoms with van der Waals surface area (Å²) in [5, 5.41) is 7.06. The van der Waals surface area contributed by atoms with Gasteiger partial charge in [0.1, 0.15) is 17.0 Å². The summed E-state index contributed by atoms with van der Waals surface area (Å²) in [6.07, 6.45) is 0.820. The first-order valence-electron chi connectivity index (χ1n) is 11.1. The number of aromatic nitrogens is 4. The Hall–Kier alpha value is -3.44. The lowest BCUT2D eigenvalue weighted by molar-refractivity contribution is 0.0358. The fourth-order valence-corrected chi connectivity index (χ4v) is 3.83. The third kappa shape index (κ3) is 5.32. The topological polar surface area (TPSA) is 140 Å². The SMILES string of the molecule is CCn1nc(C)cc1C(=O)Nc1nc2cc(C(N)=O)cc(OCCCN3CCOCC3)c2[nH]1. The minimum absolute atomic E-state index is 0.247. The van der Waals surface area contributed by atoms with Crippen LogP contribution in [0.1, 0.15) is 39.9 Å². The molecule has 4 rings (SSSR count). The van der Waals surface area contributed by atoms with E-state index in [1.54, 1.807) is 22.9 Å². The number of hydrogen-bond acceptors (Lipinski definition) is 7. The van der Waals surface area contributed by atoms with E-state index in [2.05, 4.69) is 25.3 Å². The molecule has 11 nitrogen and oxygen atoms in total. The van der Waals surface area contributed by atoms with Crippen molar-refractivity contribution in [3.8, 4) is 5.75 Å². The Labute approximate surface area is 191 Å². The van der Waals surface area contributed by atoms with Crippen LogP contribution >= 0.6 is 0 Å². The van der Waals surface area contributed by atoms with E-state index >= 15 is 0 Å². The fourth-order valence-electron chi connectivity index (χ4n) is 3.83. The molecule has 11 heteroatoms. The van der Waals surface area contributed by atoms with Crippen molar-refractivity contribution in [2.45, 2.75) is 26.8 Å². The van der Waals surface area contributed by atoms with Crippen LogP contribution in [0.4, 0.5) is 5.95 Å². The first kappa shape index (κ1) is 22.7. The van der Waals surface area contributed by atoms with E-state index in [0.29, 0.717) is 35.6 Å². The first-order valence-corrected chi connectivity index (χ1v) is 11.1. The molecule has 0 bridgehead atoms. The summed E-state index contributed by atoms with van der Waals surface area (Å²) in [6.45, 7) is 9.02. The van der Waals surface area contributed by atoms with Crippen molar-refractivity contribution in [1.82, 2.24) is 24.6 Å². The molecule has 1 aliphatic heterocycles. The Morgan fingerprint density at radius 1 is 1.27 bits per heavy atom. The van der Waals surface area contributed by atoms with Gasteiger partial charge >= 0.3 is 0 Å². The van der Waals surface area contributed by atoms with E-state index in [9.17, 15) is 9.59 Å². The zero-order chi connectivity index (χ0) is 23.4. The van der Waals surface area contributed by atoms with Crippen LogP contribution in [0.5, 0.6) is 5.75 Å². The number of aromatic amines is 1. The van der Waals surface area contributed by atoms with E-state index in [4.69, 9.17) is 15.2 Å². The summed E-state index contributed by atoms with van der Waals surface area (Å²) in [4.78, 5) is 34.4. The Kier molecular flexibility index (Phi) is 6.90. The van der Waals surface area contributed by atoms with E-state index < -0.39 is 5.91 Å². The number of ether oxygens (including phenoxy) is 2. The van der Waals surface area contributed by atoms with Crippen LogP contribution in [-0.4, -0.2) is 75.9 Å². The van der Waals surface area contributed by atoms with Crippen LogP contribution in [-0.2, 0) is 11.3 Å². The maximum absolute atomic E-state index is 12.8. The number of hydrogen-bond donors (Lipinski definition) is 3. The van der Waals surface area contributed by atoms with Gasteiger partial charge in [-0.2, -0.15) is 5.10 Å². The number of carbonyl (C=O) groups excluding carboxylic acids is 2. The van der Waals surface area contributed by atoms with Crippen LogP contribution in [0.3, 0.4) is 0 Å². The number of nitrogens with one attached hydrogen (secondary N) is 2. The van der Waals surface area contributed by atoms with Crippen molar-refractivity contribution >= 4 is 28.8 Å². The summed E-state index contributed by atoms with van der Waals surface area (Å²) >= 11 is 0. The molecule has 0 spiro atoms. The highest BCUT2D eigenvalue weighted by molar-refractivity contribution is 6.03. The van der Waals surface area contributed by atoms with Gasteiger partial charge in [-0.05, 0) is 38.5 Å². The molecule has 1 aliphatic rings. The average Bonchev–Trinajstić information content (AvgIpc) is 3.39. The first-order chi connectivity index (χ1) is 15.9. The maximum atomic E-state index is 12.8. The molecule has 1 aromatic carbocycles. The monoisotopic (exact) mass is 455 g/mol.